The van der Waals surface area contributed by atoms with E-state index < -0.39 is 0 Å². The van der Waals surface area contributed by atoms with Crippen molar-refractivity contribution in [1.82, 2.24) is 0 Å². The van der Waals surface area contributed by atoms with Gasteiger partial charge in [0.05, 0.1) is 5.69 Å². The third-order valence-electron chi connectivity index (χ3n) is 5.11. The first kappa shape index (κ1) is 18.4. The highest BCUT2D eigenvalue weighted by Gasteiger charge is 2.17. The second-order valence-electron chi connectivity index (χ2n) is 6.96. The van der Waals surface area contributed by atoms with Crippen molar-refractivity contribution < 1.29 is 0 Å². The minimum atomic E-state index is 1.04. The third kappa shape index (κ3) is 3.45. The highest BCUT2D eigenvalue weighted by Crippen LogP contribution is 2.42. The second kappa shape index (κ2) is 7.66. The maximum Gasteiger partial charge on any atom is 0.0546 e. The molecule has 5 aromatic rings. The number of halogens is 2. The summed E-state index contributed by atoms with van der Waals surface area (Å²) in [6, 6.07) is 36.4. The van der Waals surface area contributed by atoms with Crippen LogP contribution < -0.4 is 4.90 Å². The van der Waals surface area contributed by atoms with E-state index in [1.54, 1.807) is 0 Å². The Balaban J connectivity index is 1.88. The van der Waals surface area contributed by atoms with Crippen LogP contribution in [0, 0.1) is 0 Å². The average Bonchev–Trinajstić information content (AvgIpc) is 2.74. The summed E-state index contributed by atoms with van der Waals surface area (Å²) in [6.45, 7) is 0. The SMILES string of the molecule is Brc1cc(Br)cc(N(c2ccccc2)c2cc3ccccc3c3ccccc23)c1. The Morgan fingerprint density at radius 2 is 1.07 bits per heavy atom. The standard InChI is InChI=1S/C26H17Br2N/c27-19-15-20(28)17-22(16-19)29(21-9-2-1-3-10-21)26-14-18-8-4-5-11-23(18)24-12-6-7-13-25(24)26/h1-17H. The quantitative estimate of drug-likeness (QED) is 0.222. The number of anilines is 3. The zero-order valence-electron chi connectivity index (χ0n) is 15.5. The number of para-hydroxylation sites is 1. The van der Waals surface area contributed by atoms with Crippen molar-refractivity contribution >= 4 is 70.5 Å². The molecule has 140 valence electrons. The zero-order valence-corrected chi connectivity index (χ0v) is 18.7. The van der Waals surface area contributed by atoms with E-state index in [1.807, 2.05) is 0 Å². The molecule has 29 heavy (non-hydrogen) atoms. The van der Waals surface area contributed by atoms with Crippen LogP contribution in [0.5, 0.6) is 0 Å². The molecule has 5 rings (SSSR count). The Bertz CT molecular complexity index is 1310. The van der Waals surface area contributed by atoms with Crippen molar-refractivity contribution in [1.29, 1.82) is 0 Å². The van der Waals surface area contributed by atoms with Crippen molar-refractivity contribution in [3.63, 3.8) is 0 Å². The van der Waals surface area contributed by atoms with Crippen LogP contribution in [0.2, 0.25) is 0 Å². The summed E-state index contributed by atoms with van der Waals surface area (Å²) in [6.07, 6.45) is 0. The lowest BCUT2D eigenvalue weighted by atomic mass is 9.99. The largest absolute Gasteiger partial charge is 0.310 e. The van der Waals surface area contributed by atoms with Gasteiger partial charge in [-0.1, -0.05) is 98.6 Å². The number of hydrogen-bond donors (Lipinski definition) is 0. The number of hydrogen-bond acceptors (Lipinski definition) is 1. The summed E-state index contributed by atoms with van der Waals surface area (Å²) in [5.74, 6) is 0. The van der Waals surface area contributed by atoms with Gasteiger partial charge in [-0.2, -0.15) is 0 Å². The van der Waals surface area contributed by atoms with Crippen LogP contribution in [0.3, 0.4) is 0 Å². The van der Waals surface area contributed by atoms with Crippen molar-refractivity contribution in [2.45, 2.75) is 0 Å². The summed E-state index contributed by atoms with van der Waals surface area (Å²) < 4.78 is 2.07. The number of nitrogens with zero attached hydrogens (tertiary/aromatic N) is 1. The first-order valence-electron chi connectivity index (χ1n) is 9.42. The van der Waals surface area contributed by atoms with Crippen LogP contribution in [0.25, 0.3) is 21.5 Å². The molecule has 0 N–H and O–H groups in total. The molecular formula is C26H17Br2N. The molecule has 0 aliphatic carbocycles. The molecule has 0 aliphatic rings. The van der Waals surface area contributed by atoms with Crippen LogP contribution in [-0.4, -0.2) is 0 Å². The van der Waals surface area contributed by atoms with E-state index in [-0.39, 0.29) is 0 Å². The van der Waals surface area contributed by atoms with Crippen molar-refractivity contribution in [2.24, 2.45) is 0 Å². The van der Waals surface area contributed by atoms with Crippen molar-refractivity contribution in [2.75, 3.05) is 4.90 Å². The lowest BCUT2D eigenvalue weighted by Gasteiger charge is -2.28. The summed E-state index contributed by atoms with van der Waals surface area (Å²) in [5, 5.41) is 4.99. The molecule has 0 radical (unpaired) electrons. The molecule has 0 bridgehead atoms. The first-order chi connectivity index (χ1) is 14.2. The number of benzene rings is 5. The minimum absolute atomic E-state index is 1.04. The molecule has 1 nitrogen and oxygen atoms in total. The van der Waals surface area contributed by atoms with Gasteiger partial charge in [-0.05, 0) is 52.6 Å². The average molecular weight is 503 g/mol. The van der Waals surface area contributed by atoms with Gasteiger partial charge in [0.15, 0.2) is 0 Å². The summed E-state index contributed by atoms with van der Waals surface area (Å²) in [4.78, 5) is 2.32. The first-order valence-corrected chi connectivity index (χ1v) is 11.0. The normalized spacial score (nSPS) is 11.1. The predicted molar refractivity (Wildman–Crippen MR) is 132 cm³/mol. The molecular weight excluding hydrogens is 486 g/mol. The summed E-state index contributed by atoms with van der Waals surface area (Å²) >= 11 is 7.32. The van der Waals surface area contributed by atoms with Gasteiger partial charge in [0.25, 0.3) is 0 Å². The van der Waals surface area contributed by atoms with Crippen molar-refractivity contribution in [3.8, 4) is 0 Å². The maximum absolute atomic E-state index is 3.66. The van der Waals surface area contributed by atoms with Gasteiger partial charge in [0, 0.05) is 25.7 Å². The Morgan fingerprint density at radius 1 is 0.483 bits per heavy atom. The van der Waals surface area contributed by atoms with Crippen LogP contribution in [-0.2, 0) is 0 Å². The fourth-order valence-corrected chi connectivity index (χ4v) is 5.16. The van der Waals surface area contributed by atoms with E-state index >= 15 is 0 Å². The molecule has 0 fully saturated rings. The van der Waals surface area contributed by atoms with Gasteiger partial charge < -0.3 is 4.90 Å². The van der Waals surface area contributed by atoms with E-state index in [9.17, 15) is 0 Å². The molecule has 0 aliphatic heterocycles. The smallest absolute Gasteiger partial charge is 0.0546 e. The molecule has 0 atom stereocenters. The lowest BCUT2D eigenvalue weighted by Crippen LogP contribution is -2.10. The molecule has 5 aromatic carbocycles. The summed E-state index contributed by atoms with van der Waals surface area (Å²) in [7, 11) is 0. The molecule has 0 amide bonds. The van der Waals surface area contributed by atoms with Crippen LogP contribution in [0.1, 0.15) is 0 Å². The van der Waals surface area contributed by atoms with Crippen LogP contribution in [0.4, 0.5) is 17.1 Å². The highest BCUT2D eigenvalue weighted by atomic mass is 79.9. The molecule has 0 saturated heterocycles. The third-order valence-corrected chi connectivity index (χ3v) is 6.02. The Labute approximate surface area is 186 Å². The topological polar surface area (TPSA) is 3.24 Å². The molecule has 0 heterocycles. The molecule has 0 unspecified atom stereocenters. The van der Waals surface area contributed by atoms with Gasteiger partial charge in [-0.15, -0.1) is 0 Å². The van der Waals surface area contributed by atoms with E-state index in [2.05, 4.69) is 140 Å². The van der Waals surface area contributed by atoms with E-state index in [0.717, 1.165) is 26.0 Å². The fourth-order valence-electron chi connectivity index (χ4n) is 3.89. The Hall–Kier alpha value is -2.62. The molecule has 0 saturated carbocycles. The second-order valence-corrected chi connectivity index (χ2v) is 8.79. The molecule has 3 heteroatoms. The predicted octanol–water partition coefficient (Wildman–Crippen LogP) is 8.99. The van der Waals surface area contributed by atoms with Gasteiger partial charge in [-0.25, -0.2) is 0 Å². The fraction of sp³-hybridized carbons (Fsp3) is 0. The Morgan fingerprint density at radius 3 is 1.79 bits per heavy atom. The van der Waals surface area contributed by atoms with E-state index in [4.69, 9.17) is 0 Å². The van der Waals surface area contributed by atoms with E-state index in [0.29, 0.717) is 0 Å². The van der Waals surface area contributed by atoms with E-state index in [1.165, 1.54) is 21.5 Å². The van der Waals surface area contributed by atoms with Crippen LogP contribution in [0.15, 0.2) is 112 Å². The number of fused-ring (bicyclic) bond motifs is 3. The Kier molecular flexibility index (Phi) is 4.86. The van der Waals surface area contributed by atoms with Gasteiger partial charge in [-0.3, -0.25) is 0 Å². The highest BCUT2D eigenvalue weighted by molar-refractivity contribution is 9.11. The van der Waals surface area contributed by atoms with Gasteiger partial charge in [0.2, 0.25) is 0 Å². The van der Waals surface area contributed by atoms with Gasteiger partial charge >= 0.3 is 0 Å². The van der Waals surface area contributed by atoms with Gasteiger partial charge in [0.1, 0.15) is 0 Å². The zero-order chi connectivity index (χ0) is 19.8. The van der Waals surface area contributed by atoms with Crippen molar-refractivity contribution in [3.05, 3.63) is 112 Å². The van der Waals surface area contributed by atoms with Crippen LogP contribution >= 0.6 is 31.9 Å². The summed E-state index contributed by atoms with van der Waals surface area (Å²) in [5.41, 5.74) is 3.38. The molecule has 0 aromatic heterocycles. The monoisotopic (exact) mass is 501 g/mol. The maximum atomic E-state index is 3.66. The molecule has 0 spiro atoms. The minimum Gasteiger partial charge on any atom is -0.310 e. The number of rotatable bonds is 3. The lowest BCUT2D eigenvalue weighted by molar-refractivity contribution is 1.29.